The molecule has 1 aromatic heterocycles. The Morgan fingerprint density at radius 1 is 1.22 bits per heavy atom. The summed E-state index contributed by atoms with van der Waals surface area (Å²) in [5, 5.41) is 11.6. The van der Waals surface area contributed by atoms with Crippen molar-refractivity contribution < 1.29 is 9.47 Å². The number of hydrogen-bond donors (Lipinski definition) is 1. The van der Waals surface area contributed by atoms with E-state index >= 15 is 0 Å². The van der Waals surface area contributed by atoms with Crippen LogP contribution in [0.1, 0.15) is 26.3 Å². The lowest BCUT2D eigenvalue weighted by atomic mass is 10.2. The van der Waals surface area contributed by atoms with Crippen molar-refractivity contribution >= 4 is 18.4 Å². The number of aromatic amines is 1. The maximum absolute atomic E-state index is 5.73. The van der Waals surface area contributed by atoms with E-state index in [1.54, 1.807) is 10.9 Å². The Balaban J connectivity index is 1.95. The summed E-state index contributed by atoms with van der Waals surface area (Å²) in [6.07, 6.45) is 1.84. The normalized spacial score (nSPS) is 11.3. The number of aromatic nitrogens is 3. The lowest BCUT2D eigenvalue weighted by Gasteiger charge is -2.10. The smallest absolute Gasteiger partial charge is 0.216 e. The zero-order valence-corrected chi connectivity index (χ0v) is 16.4. The quantitative estimate of drug-likeness (QED) is 0.476. The fourth-order valence-corrected chi connectivity index (χ4v) is 2.75. The van der Waals surface area contributed by atoms with E-state index in [9.17, 15) is 0 Å². The van der Waals surface area contributed by atoms with Gasteiger partial charge >= 0.3 is 0 Å². The zero-order chi connectivity index (χ0) is 19.2. The molecule has 0 bridgehead atoms. The van der Waals surface area contributed by atoms with Crippen LogP contribution in [0.5, 0.6) is 11.5 Å². The molecule has 1 heterocycles. The summed E-state index contributed by atoms with van der Waals surface area (Å²) >= 11 is 5.34. The molecule has 0 aliphatic rings. The minimum atomic E-state index is 0.112. The third-order valence-electron chi connectivity index (χ3n) is 3.63. The molecule has 0 fully saturated rings. The highest BCUT2D eigenvalue weighted by Gasteiger charge is 2.13. The summed E-state index contributed by atoms with van der Waals surface area (Å²) in [5.41, 5.74) is 1.72. The molecule has 7 heteroatoms. The molecule has 1 N–H and O–H groups in total. The molecule has 140 valence electrons. The highest BCUT2D eigenvalue weighted by molar-refractivity contribution is 7.71. The molecular formula is C20H22N4O2S. The van der Waals surface area contributed by atoms with Crippen molar-refractivity contribution in [2.75, 3.05) is 6.61 Å². The van der Waals surface area contributed by atoms with Crippen LogP contribution in [0.15, 0.2) is 53.6 Å². The van der Waals surface area contributed by atoms with E-state index in [2.05, 4.69) is 15.3 Å². The van der Waals surface area contributed by atoms with E-state index in [1.807, 2.05) is 69.3 Å². The van der Waals surface area contributed by atoms with Gasteiger partial charge in [-0.15, -0.1) is 0 Å². The number of nitrogens with zero attached hydrogens (tertiary/aromatic N) is 3. The van der Waals surface area contributed by atoms with Gasteiger partial charge in [0.05, 0.1) is 24.5 Å². The Kier molecular flexibility index (Phi) is 6.03. The first-order valence-corrected chi connectivity index (χ1v) is 9.20. The van der Waals surface area contributed by atoms with Gasteiger partial charge in [-0.1, -0.05) is 24.3 Å². The van der Waals surface area contributed by atoms with Gasteiger partial charge in [0.2, 0.25) is 4.77 Å². The minimum absolute atomic E-state index is 0.112. The van der Waals surface area contributed by atoms with Crippen LogP contribution in [-0.2, 0) is 0 Å². The Hall–Kier alpha value is -2.93. The second-order valence-corrected chi connectivity index (χ2v) is 6.46. The molecule has 0 spiro atoms. The molecule has 0 saturated heterocycles. The number of hydrogen-bond acceptors (Lipinski definition) is 5. The summed E-state index contributed by atoms with van der Waals surface area (Å²) in [6.45, 7) is 6.49. The van der Waals surface area contributed by atoms with E-state index in [0.29, 0.717) is 17.2 Å². The van der Waals surface area contributed by atoms with Gasteiger partial charge in [-0.2, -0.15) is 14.9 Å². The number of para-hydroxylation sites is 1. The second-order valence-electron chi connectivity index (χ2n) is 6.08. The van der Waals surface area contributed by atoms with Gasteiger partial charge < -0.3 is 9.47 Å². The molecule has 3 rings (SSSR count). The molecule has 0 amide bonds. The van der Waals surface area contributed by atoms with Gasteiger partial charge in [-0.3, -0.25) is 0 Å². The van der Waals surface area contributed by atoms with Crippen molar-refractivity contribution in [1.82, 2.24) is 14.9 Å². The van der Waals surface area contributed by atoms with Gasteiger partial charge in [-0.25, -0.2) is 5.10 Å². The van der Waals surface area contributed by atoms with Crippen LogP contribution in [0.4, 0.5) is 0 Å². The molecular weight excluding hydrogens is 360 g/mol. The van der Waals surface area contributed by atoms with Gasteiger partial charge in [-0.05, 0) is 62.8 Å². The Bertz CT molecular complexity index is 991. The lowest BCUT2D eigenvalue weighted by molar-refractivity contribution is 0.242. The SMILES string of the molecule is CCOc1ccccc1-c1n[nH]c(=S)n1/N=C\c1cccc(OC(C)C)c1. The van der Waals surface area contributed by atoms with Gasteiger partial charge in [0, 0.05) is 0 Å². The van der Waals surface area contributed by atoms with E-state index in [0.717, 1.165) is 22.6 Å². The second kappa shape index (κ2) is 8.64. The molecule has 0 saturated carbocycles. The van der Waals surface area contributed by atoms with Crippen LogP contribution in [0.3, 0.4) is 0 Å². The fraction of sp³-hybridized carbons (Fsp3) is 0.250. The molecule has 0 unspecified atom stereocenters. The predicted octanol–water partition coefficient (Wildman–Crippen LogP) is 4.68. The average molecular weight is 382 g/mol. The summed E-state index contributed by atoms with van der Waals surface area (Å²) < 4.78 is 13.4. The number of ether oxygens (including phenoxy) is 2. The van der Waals surface area contributed by atoms with Gasteiger partial charge in [0.25, 0.3) is 0 Å². The topological polar surface area (TPSA) is 64.4 Å². The molecule has 0 radical (unpaired) electrons. The number of benzene rings is 2. The van der Waals surface area contributed by atoms with Crippen molar-refractivity contribution in [3.63, 3.8) is 0 Å². The van der Waals surface area contributed by atoms with Gasteiger partial charge in [0.1, 0.15) is 11.5 Å². The van der Waals surface area contributed by atoms with Crippen LogP contribution in [-0.4, -0.2) is 33.8 Å². The molecule has 3 aromatic rings. The fourth-order valence-electron chi connectivity index (χ4n) is 2.57. The molecule has 2 aromatic carbocycles. The summed E-state index contributed by atoms with van der Waals surface area (Å²) in [5.74, 6) is 2.12. The molecule has 0 aliphatic carbocycles. The molecule has 27 heavy (non-hydrogen) atoms. The van der Waals surface area contributed by atoms with Crippen molar-refractivity contribution in [3.8, 4) is 22.9 Å². The number of H-pyrrole nitrogens is 1. The van der Waals surface area contributed by atoms with Crippen LogP contribution in [0, 0.1) is 4.77 Å². The van der Waals surface area contributed by atoms with E-state index < -0.39 is 0 Å². The zero-order valence-electron chi connectivity index (χ0n) is 15.5. The maximum atomic E-state index is 5.73. The van der Waals surface area contributed by atoms with Crippen molar-refractivity contribution in [1.29, 1.82) is 0 Å². The summed E-state index contributed by atoms with van der Waals surface area (Å²) in [4.78, 5) is 0. The van der Waals surface area contributed by atoms with Gasteiger partial charge in [0.15, 0.2) is 5.82 Å². The highest BCUT2D eigenvalue weighted by atomic mass is 32.1. The lowest BCUT2D eigenvalue weighted by Crippen LogP contribution is -2.05. The third kappa shape index (κ3) is 4.62. The first kappa shape index (κ1) is 18.8. The first-order valence-electron chi connectivity index (χ1n) is 8.79. The van der Waals surface area contributed by atoms with Crippen molar-refractivity contribution in [2.24, 2.45) is 5.10 Å². The minimum Gasteiger partial charge on any atom is -0.493 e. The molecule has 0 atom stereocenters. The number of nitrogens with one attached hydrogen (secondary N) is 1. The van der Waals surface area contributed by atoms with Crippen LogP contribution >= 0.6 is 12.2 Å². The molecule has 0 aliphatic heterocycles. The van der Waals surface area contributed by atoms with Crippen LogP contribution in [0.25, 0.3) is 11.4 Å². The average Bonchev–Trinajstić information content (AvgIpc) is 3.01. The Morgan fingerprint density at radius 2 is 2.04 bits per heavy atom. The maximum Gasteiger partial charge on any atom is 0.216 e. The summed E-state index contributed by atoms with van der Waals surface area (Å²) in [7, 11) is 0. The number of rotatable bonds is 7. The first-order chi connectivity index (χ1) is 13.1. The monoisotopic (exact) mass is 382 g/mol. The third-order valence-corrected chi connectivity index (χ3v) is 3.89. The van der Waals surface area contributed by atoms with Crippen LogP contribution in [0.2, 0.25) is 0 Å². The largest absolute Gasteiger partial charge is 0.493 e. The van der Waals surface area contributed by atoms with E-state index in [4.69, 9.17) is 21.7 Å². The highest BCUT2D eigenvalue weighted by Crippen LogP contribution is 2.28. The van der Waals surface area contributed by atoms with Crippen molar-refractivity contribution in [2.45, 2.75) is 26.9 Å². The van der Waals surface area contributed by atoms with Crippen molar-refractivity contribution in [3.05, 3.63) is 58.9 Å². The van der Waals surface area contributed by atoms with E-state index in [1.165, 1.54) is 0 Å². The molecule has 6 nitrogen and oxygen atoms in total. The summed E-state index contributed by atoms with van der Waals surface area (Å²) in [6, 6.07) is 15.4. The predicted molar refractivity (Wildman–Crippen MR) is 109 cm³/mol. The Morgan fingerprint density at radius 3 is 2.81 bits per heavy atom. The Labute approximate surface area is 163 Å². The van der Waals surface area contributed by atoms with Crippen LogP contribution < -0.4 is 9.47 Å². The standard InChI is InChI=1S/C20H22N4O2S/c1-4-25-18-11-6-5-10-17(18)19-22-23-20(27)24(19)21-13-15-8-7-9-16(12-15)26-14(2)3/h5-14H,4H2,1-3H3,(H,23,27)/b21-13-. The van der Waals surface area contributed by atoms with E-state index in [-0.39, 0.29) is 6.10 Å².